The van der Waals surface area contributed by atoms with E-state index in [1.165, 1.54) is 0 Å². The first-order valence-electron chi connectivity index (χ1n) is 16.0. The van der Waals surface area contributed by atoms with E-state index in [-0.39, 0.29) is 45.1 Å². The van der Waals surface area contributed by atoms with Gasteiger partial charge in [-0.25, -0.2) is 0 Å². The molecule has 0 saturated heterocycles. The van der Waals surface area contributed by atoms with Crippen molar-refractivity contribution in [2.24, 2.45) is 10.8 Å². The van der Waals surface area contributed by atoms with E-state index in [2.05, 4.69) is 10.6 Å². The second-order valence-electron chi connectivity index (χ2n) is 15.7. The largest absolute Gasteiger partial charge is 0.509 e. The van der Waals surface area contributed by atoms with Gasteiger partial charge in [-0.15, -0.1) is 0 Å². The summed E-state index contributed by atoms with van der Waals surface area (Å²) in [5, 5.41) is 17.4. The van der Waals surface area contributed by atoms with E-state index in [1.54, 1.807) is 95.2 Å². The quantitative estimate of drug-likeness (QED) is 0.210. The van der Waals surface area contributed by atoms with Gasteiger partial charge in [-0.3, -0.25) is 19.2 Å². The molecule has 51 heavy (non-hydrogen) atoms. The Hall–Kier alpha value is -2.75. The van der Waals surface area contributed by atoms with E-state index in [1.807, 2.05) is 13.8 Å². The van der Waals surface area contributed by atoms with Crippen LogP contribution in [0.1, 0.15) is 103 Å². The van der Waals surface area contributed by atoms with Gasteiger partial charge >= 0.3 is 5.97 Å². The Morgan fingerprint density at radius 3 is 1.37 bits per heavy atom. The van der Waals surface area contributed by atoms with Crippen molar-refractivity contribution in [3.63, 3.8) is 0 Å². The number of carbonyl (C=O) groups is 4. The summed E-state index contributed by atoms with van der Waals surface area (Å²) >= 11 is 30.3. The molecule has 0 saturated carbocycles. The SMILES string of the molecule is CC(C)(C)C(=O)Cl.Cc1cc(Cl)c(C2=C(O)C(C)(C)NC2=O)c(C)c1Cl.Cc1cc(Cl)c(C2=C(OC(=O)C(C)(C)C)C(C)(C)NC2=O)c(C)c1Cl. The summed E-state index contributed by atoms with van der Waals surface area (Å²) in [4.78, 5) is 47.4. The Morgan fingerprint density at radius 2 is 1.04 bits per heavy atom. The molecule has 13 heteroatoms. The summed E-state index contributed by atoms with van der Waals surface area (Å²) in [6, 6.07) is 3.41. The number of benzene rings is 2. The number of halogens is 5. The normalized spacial score (nSPS) is 16.5. The average molecular weight is 805 g/mol. The van der Waals surface area contributed by atoms with Crippen molar-refractivity contribution < 1.29 is 29.0 Å². The maximum atomic E-state index is 12.7. The van der Waals surface area contributed by atoms with Gasteiger partial charge in [0.15, 0.2) is 0 Å². The van der Waals surface area contributed by atoms with Gasteiger partial charge in [0, 0.05) is 36.6 Å². The summed E-state index contributed by atoms with van der Waals surface area (Å²) in [6.45, 7) is 24.9. The smallest absolute Gasteiger partial charge is 0.316 e. The Morgan fingerprint density at radius 1 is 0.686 bits per heavy atom. The van der Waals surface area contributed by atoms with Crippen LogP contribution in [0.15, 0.2) is 23.7 Å². The highest BCUT2D eigenvalue weighted by Gasteiger charge is 2.44. The fraction of sp³-hybridized carbons (Fsp3) is 0.474. The van der Waals surface area contributed by atoms with Gasteiger partial charge in [0.2, 0.25) is 5.24 Å². The highest BCUT2D eigenvalue weighted by molar-refractivity contribution is 6.64. The van der Waals surface area contributed by atoms with Crippen molar-refractivity contribution >= 4 is 92.2 Å². The fourth-order valence-corrected chi connectivity index (χ4v) is 6.06. The van der Waals surface area contributed by atoms with Crippen LogP contribution in [0.5, 0.6) is 0 Å². The number of rotatable bonds is 3. The lowest BCUT2D eigenvalue weighted by molar-refractivity contribution is -0.149. The molecule has 0 atom stereocenters. The van der Waals surface area contributed by atoms with E-state index in [9.17, 15) is 24.3 Å². The predicted octanol–water partition coefficient (Wildman–Crippen LogP) is 10.4. The second kappa shape index (κ2) is 15.7. The molecule has 2 aromatic carbocycles. The lowest BCUT2D eigenvalue weighted by atomic mass is 9.94. The number of aliphatic hydroxyl groups is 1. The zero-order chi connectivity index (χ0) is 39.9. The van der Waals surface area contributed by atoms with Crippen molar-refractivity contribution in [3.05, 3.63) is 77.1 Å². The van der Waals surface area contributed by atoms with Gasteiger partial charge in [-0.05, 0) is 122 Å². The third-order valence-electron chi connectivity index (χ3n) is 8.09. The molecule has 0 aromatic heterocycles. The molecular weight excluding hydrogens is 758 g/mol. The number of ether oxygens (including phenoxy) is 1. The molecule has 0 fully saturated rings. The number of esters is 1. The number of amides is 2. The Labute approximate surface area is 326 Å². The van der Waals surface area contributed by atoms with E-state index in [0.717, 1.165) is 11.1 Å². The number of aryl methyl sites for hydroxylation is 2. The predicted molar refractivity (Wildman–Crippen MR) is 209 cm³/mol. The molecule has 2 aliphatic rings. The molecule has 2 heterocycles. The topological polar surface area (TPSA) is 122 Å². The van der Waals surface area contributed by atoms with E-state index < -0.39 is 22.5 Å². The molecule has 0 spiro atoms. The van der Waals surface area contributed by atoms with Crippen LogP contribution in [0.4, 0.5) is 0 Å². The van der Waals surface area contributed by atoms with E-state index >= 15 is 0 Å². The molecule has 2 aliphatic heterocycles. The molecule has 0 aliphatic carbocycles. The summed E-state index contributed by atoms with van der Waals surface area (Å²) < 4.78 is 5.66. The highest BCUT2D eigenvalue weighted by Crippen LogP contribution is 2.42. The van der Waals surface area contributed by atoms with Crippen LogP contribution in [0.3, 0.4) is 0 Å². The third-order valence-corrected chi connectivity index (χ3v) is 10.4. The van der Waals surface area contributed by atoms with Crippen LogP contribution in [0, 0.1) is 38.5 Å². The molecule has 2 amide bonds. The maximum Gasteiger partial charge on any atom is 0.316 e. The van der Waals surface area contributed by atoms with Crippen molar-refractivity contribution in [2.75, 3.05) is 0 Å². The fourth-order valence-electron chi connectivity index (χ4n) is 4.96. The number of hydrogen-bond donors (Lipinski definition) is 3. The number of carbonyl (C=O) groups excluding carboxylic acids is 4. The van der Waals surface area contributed by atoms with Crippen LogP contribution < -0.4 is 10.6 Å². The number of aliphatic hydroxyl groups excluding tert-OH is 1. The zero-order valence-electron chi connectivity index (χ0n) is 31.5. The minimum absolute atomic E-state index is 0.0116. The molecule has 0 unspecified atom stereocenters. The van der Waals surface area contributed by atoms with Crippen LogP contribution >= 0.6 is 58.0 Å². The summed E-state index contributed by atoms with van der Waals surface area (Å²) in [6.07, 6.45) is 0. The zero-order valence-corrected chi connectivity index (χ0v) is 35.3. The van der Waals surface area contributed by atoms with Crippen molar-refractivity contribution in [1.29, 1.82) is 0 Å². The van der Waals surface area contributed by atoms with Crippen molar-refractivity contribution in [3.8, 4) is 0 Å². The van der Waals surface area contributed by atoms with E-state index in [0.29, 0.717) is 42.3 Å². The van der Waals surface area contributed by atoms with Gasteiger partial charge in [-0.2, -0.15) is 0 Å². The molecular formula is C38H47Cl5N2O6. The molecule has 8 nitrogen and oxygen atoms in total. The molecule has 4 rings (SSSR count). The Kier molecular flexibility index (Phi) is 13.7. The summed E-state index contributed by atoms with van der Waals surface area (Å²) in [5.74, 6) is -0.847. The monoisotopic (exact) mass is 802 g/mol. The Bertz CT molecular complexity index is 1860. The first-order chi connectivity index (χ1) is 22.9. The van der Waals surface area contributed by atoms with Gasteiger partial charge in [0.25, 0.3) is 11.8 Å². The van der Waals surface area contributed by atoms with Crippen LogP contribution in [-0.4, -0.2) is 39.2 Å². The second-order valence-corrected chi connectivity index (χ2v) is 17.6. The lowest BCUT2D eigenvalue weighted by Gasteiger charge is -2.25. The standard InChI is InChI=1S/C19H23Cl2NO3.C14H15Cl2NO2.C5H9ClO/c1-9-8-11(20)12(10(2)14(9)21)13-15(19(6,7)22-16(13)23)25-17(24)18(3,4)5;1-6-5-8(15)9(7(2)11(6)16)10-12(18)14(3,4)17-13(10)19;1-5(2,3)4(6)7/h8H,1-7H3,(H,22,23);5,18H,1-4H3,(H,17,19);1-3H3. The van der Waals surface area contributed by atoms with Crippen molar-refractivity contribution in [2.45, 2.75) is 108 Å². The summed E-state index contributed by atoms with van der Waals surface area (Å²) in [7, 11) is 0. The molecule has 2 aromatic rings. The minimum atomic E-state index is -0.833. The summed E-state index contributed by atoms with van der Waals surface area (Å²) in [5.41, 5.74) is 1.78. The van der Waals surface area contributed by atoms with Crippen LogP contribution in [-0.2, 0) is 23.9 Å². The van der Waals surface area contributed by atoms with Crippen molar-refractivity contribution in [1.82, 2.24) is 10.6 Å². The lowest BCUT2D eigenvalue weighted by Crippen LogP contribution is -2.40. The van der Waals surface area contributed by atoms with Crippen LogP contribution in [0.2, 0.25) is 20.1 Å². The van der Waals surface area contributed by atoms with Gasteiger partial charge in [-0.1, -0.05) is 67.2 Å². The van der Waals surface area contributed by atoms with Gasteiger partial charge in [0.1, 0.15) is 11.5 Å². The first-order valence-corrected chi connectivity index (χ1v) is 17.9. The van der Waals surface area contributed by atoms with Gasteiger partial charge in [0.05, 0.1) is 27.6 Å². The molecule has 0 bridgehead atoms. The molecule has 0 radical (unpaired) electrons. The first kappa shape index (κ1) is 44.4. The van der Waals surface area contributed by atoms with Crippen LogP contribution in [0.25, 0.3) is 11.1 Å². The Balaban J connectivity index is 0.000000305. The maximum absolute atomic E-state index is 12.7. The van der Waals surface area contributed by atoms with Gasteiger partial charge < -0.3 is 20.5 Å². The minimum Gasteiger partial charge on any atom is -0.509 e. The molecule has 3 N–H and O–H groups in total. The van der Waals surface area contributed by atoms with E-state index in [4.69, 9.17) is 62.7 Å². The third kappa shape index (κ3) is 9.82. The number of hydrogen-bond acceptors (Lipinski definition) is 6. The molecule has 280 valence electrons. The highest BCUT2D eigenvalue weighted by atomic mass is 35.5. The average Bonchev–Trinajstić information content (AvgIpc) is 3.30. The number of nitrogens with one attached hydrogen (secondary N) is 2.